The minimum atomic E-state index is 0.0356. The van der Waals surface area contributed by atoms with Crippen molar-refractivity contribution in [2.24, 2.45) is 5.73 Å². The molecular weight excluding hydrogens is 214 g/mol. The highest BCUT2D eigenvalue weighted by Gasteiger charge is 2.52. The molecule has 84 valence electrons. The first-order chi connectivity index (χ1) is 7.53. The summed E-state index contributed by atoms with van der Waals surface area (Å²) in [5.74, 6) is 0. The van der Waals surface area contributed by atoms with E-state index in [0.29, 0.717) is 0 Å². The van der Waals surface area contributed by atoms with Gasteiger partial charge in [-0.05, 0) is 30.4 Å². The molecule has 2 N–H and O–H groups in total. The monoisotopic (exact) mass is 231 g/mol. The lowest BCUT2D eigenvalue weighted by Crippen LogP contribution is -2.42. The fraction of sp³-hybridized carbons (Fsp3) is 0.429. The van der Waals surface area contributed by atoms with E-state index >= 15 is 0 Å². The highest BCUT2D eigenvalue weighted by atomic mass is 32.1. The third-order valence-corrected chi connectivity index (χ3v) is 5.51. The van der Waals surface area contributed by atoms with E-state index in [1.807, 2.05) is 11.3 Å². The molecule has 0 spiro atoms. The number of hydrogen-bond acceptors (Lipinski definition) is 2. The molecule has 0 atom stereocenters. The van der Waals surface area contributed by atoms with Gasteiger partial charge in [0.15, 0.2) is 0 Å². The first-order valence-corrected chi connectivity index (χ1v) is 6.63. The molecule has 0 aliphatic heterocycles. The summed E-state index contributed by atoms with van der Waals surface area (Å²) in [6.07, 6.45) is 2.32. The summed E-state index contributed by atoms with van der Waals surface area (Å²) < 4.78 is 1.37. The van der Waals surface area contributed by atoms with Gasteiger partial charge in [-0.25, -0.2) is 0 Å². The van der Waals surface area contributed by atoms with Gasteiger partial charge in [-0.2, -0.15) is 0 Å². The van der Waals surface area contributed by atoms with E-state index in [9.17, 15) is 0 Å². The first kappa shape index (κ1) is 10.3. The Morgan fingerprint density at radius 3 is 2.56 bits per heavy atom. The molecule has 0 bridgehead atoms. The average Bonchev–Trinajstić information content (AvgIpc) is 2.87. The second-order valence-corrected chi connectivity index (χ2v) is 6.51. The second kappa shape index (κ2) is 3.08. The fourth-order valence-electron chi connectivity index (χ4n) is 2.29. The minimum absolute atomic E-state index is 0.0356. The number of hydrogen-bond donors (Lipinski definition) is 1. The molecule has 1 aliphatic rings. The van der Waals surface area contributed by atoms with Crippen molar-refractivity contribution in [3.63, 3.8) is 0 Å². The van der Waals surface area contributed by atoms with Crippen LogP contribution in [0.3, 0.4) is 0 Å². The van der Waals surface area contributed by atoms with Crippen LogP contribution in [0.2, 0.25) is 0 Å². The maximum atomic E-state index is 6.38. The molecule has 0 saturated heterocycles. The molecular formula is C14H17NS. The van der Waals surface area contributed by atoms with Crippen LogP contribution in [0.25, 0.3) is 10.1 Å². The predicted octanol–water partition coefficient (Wildman–Crippen LogP) is 3.67. The minimum Gasteiger partial charge on any atom is -0.324 e. The molecule has 16 heavy (non-hydrogen) atoms. The van der Waals surface area contributed by atoms with Crippen molar-refractivity contribution >= 4 is 21.4 Å². The van der Waals surface area contributed by atoms with E-state index in [1.54, 1.807) is 0 Å². The lowest BCUT2D eigenvalue weighted by atomic mass is 9.81. The van der Waals surface area contributed by atoms with Gasteiger partial charge in [0.1, 0.15) is 0 Å². The Morgan fingerprint density at radius 2 is 1.94 bits per heavy atom. The molecule has 1 aromatic carbocycles. The van der Waals surface area contributed by atoms with Gasteiger partial charge in [0.05, 0.1) is 0 Å². The Balaban J connectivity index is 2.12. The summed E-state index contributed by atoms with van der Waals surface area (Å²) in [6.45, 7) is 4.56. The quantitative estimate of drug-likeness (QED) is 0.838. The van der Waals surface area contributed by atoms with Crippen LogP contribution >= 0.6 is 11.3 Å². The molecule has 1 nitrogen and oxygen atoms in total. The molecule has 1 fully saturated rings. The van der Waals surface area contributed by atoms with Crippen LogP contribution in [0.5, 0.6) is 0 Å². The Labute approximate surface area is 100 Å². The summed E-state index contributed by atoms with van der Waals surface area (Å²) in [4.78, 5) is 1.42. The van der Waals surface area contributed by atoms with Crippen LogP contribution < -0.4 is 5.73 Å². The Bertz CT molecular complexity index is 501. The molecule has 1 heterocycles. The van der Waals surface area contributed by atoms with E-state index in [2.05, 4.69) is 44.2 Å². The molecule has 2 aromatic rings. The molecule has 0 amide bonds. The Hall–Kier alpha value is -0.860. The molecule has 3 rings (SSSR count). The van der Waals surface area contributed by atoms with Crippen molar-refractivity contribution in [3.8, 4) is 0 Å². The number of fused-ring (bicyclic) bond motifs is 1. The molecule has 1 saturated carbocycles. The van der Waals surface area contributed by atoms with Crippen LogP contribution in [-0.2, 0) is 5.41 Å². The molecule has 1 aliphatic carbocycles. The molecule has 0 radical (unpaired) electrons. The number of nitrogens with two attached hydrogens (primary N) is 1. The smallest absolute Gasteiger partial charge is 0.0345 e. The van der Waals surface area contributed by atoms with E-state index in [-0.39, 0.29) is 11.0 Å². The average molecular weight is 231 g/mol. The summed E-state index contributed by atoms with van der Waals surface area (Å²) in [5, 5.41) is 1.35. The van der Waals surface area contributed by atoms with Crippen LogP contribution in [-0.4, -0.2) is 5.54 Å². The molecule has 2 heteroatoms. The highest BCUT2D eigenvalue weighted by Crippen LogP contribution is 2.51. The van der Waals surface area contributed by atoms with Crippen LogP contribution in [0.1, 0.15) is 31.6 Å². The van der Waals surface area contributed by atoms with Gasteiger partial charge in [0, 0.05) is 20.5 Å². The van der Waals surface area contributed by atoms with Gasteiger partial charge >= 0.3 is 0 Å². The number of thiophene rings is 1. The van der Waals surface area contributed by atoms with Gasteiger partial charge in [0.25, 0.3) is 0 Å². The lowest BCUT2D eigenvalue weighted by Gasteiger charge is -2.30. The Kier molecular flexibility index (Phi) is 1.99. The maximum absolute atomic E-state index is 6.38. The summed E-state index contributed by atoms with van der Waals surface area (Å²) >= 11 is 1.89. The van der Waals surface area contributed by atoms with Crippen molar-refractivity contribution in [1.82, 2.24) is 0 Å². The van der Waals surface area contributed by atoms with Gasteiger partial charge in [0.2, 0.25) is 0 Å². The summed E-state index contributed by atoms with van der Waals surface area (Å²) in [6, 6.07) is 10.9. The van der Waals surface area contributed by atoms with Crippen molar-refractivity contribution in [2.45, 2.75) is 37.6 Å². The second-order valence-electron chi connectivity index (χ2n) is 5.43. The topological polar surface area (TPSA) is 26.0 Å². The van der Waals surface area contributed by atoms with Gasteiger partial charge in [-0.1, -0.05) is 32.0 Å². The van der Waals surface area contributed by atoms with Crippen molar-refractivity contribution in [3.05, 3.63) is 35.2 Å². The van der Waals surface area contributed by atoms with Crippen LogP contribution in [0, 0.1) is 0 Å². The van der Waals surface area contributed by atoms with Gasteiger partial charge < -0.3 is 5.73 Å². The SMILES string of the molecule is CC(C)(c1cc2ccccc2s1)C1(N)CC1. The number of rotatable bonds is 2. The van der Waals surface area contributed by atoms with E-state index in [0.717, 1.165) is 12.8 Å². The third kappa shape index (κ3) is 1.33. The zero-order valence-corrected chi connectivity index (χ0v) is 10.6. The molecule has 0 unspecified atom stereocenters. The zero-order chi connectivity index (χ0) is 11.4. The zero-order valence-electron chi connectivity index (χ0n) is 9.79. The summed E-state index contributed by atoms with van der Waals surface area (Å²) in [7, 11) is 0. The largest absolute Gasteiger partial charge is 0.324 e. The van der Waals surface area contributed by atoms with Crippen molar-refractivity contribution in [2.75, 3.05) is 0 Å². The van der Waals surface area contributed by atoms with Crippen LogP contribution in [0.15, 0.2) is 30.3 Å². The van der Waals surface area contributed by atoms with Gasteiger partial charge in [-0.3, -0.25) is 0 Å². The van der Waals surface area contributed by atoms with E-state index in [1.165, 1.54) is 15.0 Å². The Morgan fingerprint density at radius 1 is 1.25 bits per heavy atom. The number of benzene rings is 1. The van der Waals surface area contributed by atoms with Crippen molar-refractivity contribution < 1.29 is 0 Å². The summed E-state index contributed by atoms with van der Waals surface area (Å²) in [5.41, 5.74) is 6.53. The third-order valence-electron chi connectivity index (χ3n) is 4.07. The van der Waals surface area contributed by atoms with Crippen LogP contribution in [0.4, 0.5) is 0 Å². The normalized spacial score (nSPS) is 18.9. The molecule has 1 aromatic heterocycles. The van der Waals surface area contributed by atoms with Crippen molar-refractivity contribution in [1.29, 1.82) is 0 Å². The standard InChI is InChI=1S/C14H17NS/c1-13(2,14(15)7-8-14)12-9-10-5-3-4-6-11(10)16-12/h3-6,9H,7-8,15H2,1-2H3. The first-order valence-electron chi connectivity index (χ1n) is 5.81. The van der Waals surface area contributed by atoms with E-state index in [4.69, 9.17) is 5.73 Å². The highest BCUT2D eigenvalue weighted by molar-refractivity contribution is 7.19. The van der Waals surface area contributed by atoms with E-state index < -0.39 is 0 Å². The predicted molar refractivity (Wildman–Crippen MR) is 71.0 cm³/mol. The maximum Gasteiger partial charge on any atom is 0.0345 e. The fourth-order valence-corrected chi connectivity index (χ4v) is 3.57. The van der Waals surface area contributed by atoms with Gasteiger partial charge in [-0.15, -0.1) is 11.3 Å². The lowest BCUT2D eigenvalue weighted by molar-refractivity contribution is 0.399.